The van der Waals surface area contributed by atoms with Crippen molar-refractivity contribution in [1.29, 1.82) is 0 Å². The van der Waals surface area contributed by atoms with Crippen LogP contribution < -0.4 is 15.5 Å². The number of rotatable bonds is 7. The maximum atomic E-state index is 4.73. The van der Waals surface area contributed by atoms with Crippen LogP contribution in [0.5, 0.6) is 0 Å². The molecule has 8 heteroatoms. The van der Waals surface area contributed by atoms with Crippen LogP contribution >= 0.6 is 0 Å². The Kier molecular flexibility index (Phi) is 5.79. The zero-order valence-corrected chi connectivity index (χ0v) is 16.8. The molecule has 1 unspecified atom stereocenters. The topological polar surface area (TPSA) is 91.8 Å². The number of hydrogen-bond donors (Lipinski definition) is 2. The molecule has 3 aromatic rings. The van der Waals surface area contributed by atoms with E-state index in [1.165, 1.54) is 0 Å². The first-order valence-corrected chi connectivity index (χ1v) is 10.1. The highest BCUT2D eigenvalue weighted by atomic mass is 15.3. The van der Waals surface area contributed by atoms with Crippen LogP contribution in [0.2, 0.25) is 0 Å². The van der Waals surface area contributed by atoms with Crippen molar-refractivity contribution < 1.29 is 0 Å². The number of hydrogen-bond acceptors (Lipinski definition) is 8. The molecule has 1 aliphatic heterocycles. The molecule has 0 saturated carbocycles. The zero-order chi connectivity index (χ0) is 20.1. The Balaban J connectivity index is 1.50. The van der Waals surface area contributed by atoms with Gasteiger partial charge in [0.05, 0.1) is 0 Å². The lowest BCUT2D eigenvalue weighted by atomic mass is 10.2. The second kappa shape index (κ2) is 8.81. The standard InChI is InChI=1S/C21H26N8/c1-3-16-11-19(28-21(27-16)15-6-8-23-9-7-15)24-13-17-5-4-10-29(17)20-12-18(22-2)25-14-26-20/h6-9,11-12,14,17H,3-5,10,13H2,1-2H3,(H,22,25,26)(H,24,27,28). The fourth-order valence-corrected chi connectivity index (χ4v) is 3.61. The Bertz CT molecular complexity index is 946. The number of anilines is 3. The van der Waals surface area contributed by atoms with E-state index >= 15 is 0 Å². The molecule has 0 bridgehead atoms. The molecule has 8 nitrogen and oxygen atoms in total. The van der Waals surface area contributed by atoms with Gasteiger partial charge in [-0.05, 0) is 31.4 Å². The highest BCUT2D eigenvalue weighted by Crippen LogP contribution is 2.25. The van der Waals surface area contributed by atoms with Crippen molar-refractivity contribution in [1.82, 2.24) is 24.9 Å². The molecule has 1 saturated heterocycles. The van der Waals surface area contributed by atoms with Gasteiger partial charge in [0.15, 0.2) is 5.82 Å². The molecule has 3 aromatic heterocycles. The van der Waals surface area contributed by atoms with Crippen molar-refractivity contribution in [2.24, 2.45) is 0 Å². The molecule has 0 aliphatic carbocycles. The van der Waals surface area contributed by atoms with Gasteiger partial charge in [-0.2, -0.15) is 0 Å². The van der Waals surface area contributed by atoms with Crippen molar-refractivity contribution >= 4 is 17.5 Å². The molecule has 0 radical (unpaired) electrons. The summed E-state index contributed by atoms with van der Waals surface area (Å²) in [6.07, 6.45) is 8.28. The highest BCUT2D eigenvalue weighted by molar-refractivity contribution is 5.57. The molecule has 29 heavy (non-hydrogen) atoms. The maximum Gasteiger partial charge on any atom is 0.161 e. The second-order valence-corrected chi connectivity index (χ2v) is 7.04. The van der Waals surface area contributed by atoms with Gasteiger partial charge in [0.2, 0.25) is 0 Å². The highest BCUT2D eigenvalue weighted by Gasteiger charge is 2.26. The SMILES string of the molecule is CCc1cc(NCC2CCCN2c2cc(NC)ncn2)nc(-c2ccncc2)n1. The van der Waals surface area contributed by atoms with Crippen LogP contribution in [0.1, 0.15) is 25.5 Å². The van der Waals surface area contributed by atoms with Crippen LogP contribution in [0.25, 0.3) is 11.4 Å². The van der Waals surface area contributed by atoms with Crippen LogP contribution in [0.4, 0.5) is 17.5 Å². The summed E-state index contributed by atoms with van der Waals surface area (Å²) in [4.78, 5) is 24.5. The summed E-state index contributed by atoms with van der Waals surface area (Å²) in [6, 6.07) is 8.27. The maximum absolute atomic E-state index is 4.73. The van der Waals surface area contributed by atoms with Crippen molar-refractivity contribution in [2.45, 2.75) is 32.2 Å². The van der Waals surface area contributed by atoms with Crippen molar-refractivity contribution in [2.75, 3.05) is 35.7 Å². The number of aromatic nitrogens is 5. The Labute approximate surface area is 170 Å². The number of nitrogens with zero attached hydrogens (tertiary/aromatic N) is 6. The van der Waals surface area contributed by atoms with Gasteiger partial charge < -0.3 is 15.5 Å². The predicted molar refractivity (Wildman–Crippen MR) is 115 cm³/mol. The van der Waals surface area contributed by atoms with Crippen LogP contribution in [0.3, 0.4) is 0 Å². The minimum Gasteiger partial charge on any atom is -0.373 e. The summed E-state index contributed by atoms with van der Waals surface area (Å²) >= 11 is 0. The van der Waals surface area contributed by atoms with E-state index in [1.807, 2.05) is 31.3 Å². The summed E-state index contributed by atoms with van der Waals surface area (Å²) in [5.41, 5.74) is 1.99. The Morgan fingerprint density at radius 2 is 1.97 bits per heavy atom. The molecule has 0 aromatic carbocycles. The third-order valence-electron chi connectivity index (χ3n) is 5.18. The van der Waals surface area contributed by atoms with E-state index in [4.69, 9.17) is 4.98 Å². The summed E-state index contributed by atoms with van der Waals surface area (Å²) in [7, 11) is 1.87. The molecule has 4 heterocycles. The smallest absolute Gasteiger partial charge is 0.161 e. The Hall–Kier alpha value is -3.29. The number of pyridine rings is 1. The quantitative estimate of drug-likeness (QED) is 0.636. The number of nitrogens with one attached hydrogen (secondary N) is 2. The third-order valence-corrected chi connectivity index (χ3v) is 5.18. The fraction of sp³-hybridized carbons (Fsp3) is 0.381. The Morgan fingerprint density at radius 3 is 2.76 bits per heavy atom. The van der Waals surface area contributed by atoms with E-state index in [0.717, 1.165) is 66.9 Å². The first kappa shape index (κ1) is 19.0. The van der Waals surface area contributed by atoms with Gasteiger partial charge in [0, 0.05) is 62.0 Å². The van der Waals surface area contributed by atoms with Crippen LogP contribution in [0, 0.1) is 0 Å². The lowest BCUT2D eigenvalue weighted by Gasteiger charge is -2.26. The van der Waals surface area contributed by atoms with E-state index in [-0.39, 0.29) is 0 Å². The summed E-state index contributed by atoms with van der Waals surface area (Å²) < 4.78 is 0. The molecule has 2 N–H and O–H groups in total. The first-order chi connectivity index (χ1) is 14.3. The van der Waals surface area contributed by atoms with Crippen LogP contribution in [-0.2, 0) is 6.42 Å². The second-order valence-electron chi connectivity index (χ2n) is 7.04. The molecule has 1 aliphatic rings. The predicted octanol–water partition coefficient (Wildman–Crippen LogP) is 3.01. The lowest BCUT2D eigenvalue weighted by molar-refractivity contribution is 0.688. The molecule has 150 valence electrons. The van der Waals surface area contributed by atoms with Gasteiger partial charge >= 0.3 is 0 Å². The van der Waals surface area contributed by atoms with E-state index in [2.05, 4.69) is 42.4 Å². The molecular formula is C21H26N8. The van der Waals surface area contributed by atoms with E-state index in [1.54, 1.807) is 18.7 Å². The average molecular weight is 390 g/mol. The number of aryl methyl sites for hydroxylation is 1. The van der Waals surface area contributed by atoms with Crippen LogP contribution in [-0.4, -0.2) is 51.1 Å². The lowest BCUT2D eigenvalue weighted by Crippen LogP contribution is -2.35. The monoisotopic (exact) mass is 390 g/mol. The van der Waals surface area contributed by atoms with E-state index in [0.29, 0.717) is 6.04 Å². The van der Waals surface area contributed by atoms with Crippen molar-refractivity contribution in [3.05, 3.63) is 48.7 Å². The van der Waals surface area contributed by atoms with Crippen molar-refractivity contribution in [3.8, 4) is 11.4 Å². The van der Waals surface area contributed by atoms with Gasteiger partial charge in [-0.15, -0.1) is 0 Å². The molecule has 0 amide bonds. The molecular weight excluding hydrogens is 364 g/mol. The van der Waals surface area contributed by atoms with E-state index in [9.17, 15) is 0 Å². The summed E-state index contributed by atoms with van der Waals surface area (Å²) in [5, 5.41) is 6.62. The van der Waals surface area contributed by atoms with Gasteiger partial charge in [0.1, 0.15) is 23.8 Å². The largest absolute Gasteiger partial charge is 0.373 e. The molecule has 1 atom stereocenters. The zero-order valence-electron chi connectivity index (χ0n) is 16.8. The minimum absolute atomic E-state index is 0.360. The fourth-order valence-electron chi connectivity index (χ4n) is 3.61. The summed E-state index contributed by atoms with van der Waals surface area (Å²) in [6.45, 7) is 3.91. The third kappa shape index (κ3) is 4.42. The molecule has 1 fully saturated rings. The van der Waals surface area contributed by atoms with Gasteiger partial charge in [0.25, 0.3) is 0 Å². The Morgan fingerprint density at radius 1 is 1.10 bits per heavy atom. The summed E-state index contributed by atoms with van der Waals surface area (Å²) in [5.74, 6) is 3.38. The first-order valence-electron chi connectivity index (χ1n) is 10.1. The van der Waals surface area contributed by atoms with E-state index < -0.39 is 0 Å². The minimum atomic E-state index is 0.360. The molecule has 4 rings (SSSR count). The average Bonchev–Trinajstić information content (AvgIpc) is 3.27. The normalized spacial score (nSPS) is 16.1. The van der Waals surface area contributed by atoms with Gasteiger partial charge in [-0.3, -0.25) is 4.98 Å². The van der Waals surface area contributed by atoms with Gasteiger partial charge in [-0.1, -0.05) is 6.92 Å². The van der Waals surface area contributed by atoms with Crippen LogP contribution in [0.15, 0.2) is 43.0 Å². The molecule has 0 spiro atoms. The van der Waals surface area contributed by atoms with Crippen molar-refractivity contribution in [3.63, 3.8) is 0 Å². The van der Waals surface area contributed by atoms with Gasteiger partial charge in [-0.25, -0.2) is 19.9 Å².